The van der Waals surface area contributed by atoms with Gasteiger partial charge in [0.25, 0.3) is 0 Å². The number of nitrogens with two attached hydrogens (primary N) is 1. The highest BCUT2D eigenvalue weighted by Gasteiger charge is 2.29. The Hall–Kier alpha value is -1.75. The molecule has 0 atom stereocenters. The molecule has 0 radical (unpaired) electrons. The minimum absolute atomic E-state index is 0.0497. The van der Waals surface area contributed by atoms with E-state index >= 15 is 0 Å². The van der Waals surface area contributed by atoms with E-state index in [2.05, 4.69) is 0 Å². The molecule has 1 aliphatic heterocycles. The van der Waals surface area contributed by atoms with Crippen molar-refractivity contribution in [2.45, 2.75) is 6.42 Å². The third-order valence-electron chi connectivity index (χ3n) is 2.62. The molecule has 1 heterocycles. The summed E-state index contributed by atoms with van der Waals surface area (Å²) >= 11 is 0. The molecule has 1 amide bonds. The molecule has 0 bridgehead atoms. The van der Waals surface area contributed by atoms with Crippen LogP contribution >= 0.6 is 0 Å². The van der Waals surface area contributed by atoms with Crippen LogP contribution in [0.4, 0.5) is 5.69 Å². The summed E-state index contributed by atoms with van der Waals surface area (Å²) in [6.45, 7) is 1.49. The fourth-order valence-electron chi connectivity index (χ4n) is 1.89. The smallest absolute Gasteiger partial charge is 0.242 e. The Morgan fingerprint density at radius 2 is 2.12 bits per heavy atom. The second-order valence-corrected chi connectivity index (χ2v) is 3.67. The summed E-state index contributed by atoms with van der Waals surface area (Å²) in [5.41, 5.74) is 6.12. The van der Waals surface area contributed by atoms with Gasteiger partial charge < -0.3 is 10.8 Å². The van der Waals surface area contributed by atoms with Gasteiger partial charge in [0.15, 0.2) is 0 Å². The topological polar surface area (TPSA) is 69.8 Å². The zero-order valence-electron chi connectivity index (χ0n) is 8.97. The van der Waals surface area contributed by atoms with Gasteiger partial charge in [0, 0.05) is 19.5 Å². The number of carbonyl (C=O) groups excluding carboxylic acids is 1. The van der Waals surface area contributed by atoms with Gasteiger partial charge in [0.2, 0.25) is 5.91 Å². The first-order valence-electron chi connectivity index (χ1n) is 5.30. The molecule has 3 N–H and O–H groups in total. The minimum atomic E-state index is 0.0497. The van der Waals surface area contributed by atoms with Crippen molar-refractivity contribution in [1.82, 2.24) is 5.01 Å². The van der Waals surface area contributed by atoms with Gasteiger partial charge in [0.05, 0.1) is 12.2 Å². The van der Waals surface area contributed by atoms with Crippen LogP contribution in [0.2, 0.25) is 0 Å². The average molecular weight is 221 g/mol. The molecule has 1 aliphatic rings. The number of carbonyl (C=O) groups is 1. The molecule has 0 spiro atoms. The number of anilines is 1. The van der Waals surface area contributed by atoms with Crippen molar-refractivity contribution in [1.29, 1.82) is 0 Å². The largest absolute Gasteiger partial charge is 0.506 e. The second-order valence-electron chi connectivity index (χ2n) is 3.67. The first kappa shape index (κ1) is 10.8. The van der Waals surface area contributed by atoms with E-state index in [0.29, 0.717) is 31.7 Å². The SMILES string of the molecule is NCCN1C(=O)CCN1c1ccccc1O. The number of aromatic hydroxyl groups is 1. The van der Waals surface area contributed by atoms with Crippen LogP contribution in [-0.2, 0) is 4.79 Å². The second kappa shape index (κ2) is 4.40. The van der Waals surface area contributed by atoms with Crippen LogP contribution in [0.5, 0.6) is 5.75 Å². The molecule has 0 unspecified atom stereocenters. The van der Waals surface area contributed by atoms with E-state index in [9.17, 15) is 9.90 Å². The third kappa shape index (κ3) is 1.81. The quantitative estimate of drug-likeness (QED) is 0.770. The molecule has 5 nitrogen and oxygen atoms in total. The van der Waals surface area contributed by atoms with Crippen molar-refractivity contribution in [3.05, 3.63) is 24.3 Å². The van der Waals surface area contributed by atoms with Crippen LogP contribution in [0.25, 0.3) is 0 Å². The maximum Gasteiger partial charge on any atom is 0.242 e. The Morgan fingerprint density at radius 1 is 1.38 bits per heavy atom. The van der Waals surface area contributed by atoms with Gasteiger partial charge in [-0.25, -0.2) is 0 Å². The highest BCUT2D eigenvalue weighted by molar-refractivity contribution is 5.82. The molecule has 0 saturated carbocycles. The molecular weight excluding hydrogens is 206 g/mol. The van der Waals surface area contributed by atoms with Crippen molar-refractivity contribution in [3.8, 4) is 5.75 Å². The van der Waals surface area contributed by atoms with E-state index in [-0.39, 0.29) is 11.7 Å². The predicted octanol–water partition coefficient (Wildman–Crippen LogP) is 0.305. The highest BCUT2D eigenvalue weighted by atomic mass is 16.3. The number of benzene rings is 1. The van der Waals surface area contributed by atoms with Gasteiger partial charge in [0.1, 0.15) is 5.75 Å². The number of rotatable bonds is 3. The van der Waals surface area contributed by atoms with Crippen LogP contribution in [0.1, 0.15) is 6.42 Å². The lowest BCUT2D eigenvalue weighted by Gasteiger charge is -2.29. The monoisotopic (exact) mass is 221 g/mol. The van der Waals surface area contributed by atoms with Crippen LogP contribution in [0.3, 0.4) is 0 Å². The van der Waals surface area contributed by atoms with Crippen molar-refractivity contribution in [2.75, 3.05) is 24.6 Å². The normalized spacial score (nSPS) is 15.9. The maximum absolute atomic E-state index is 11.6. The number of para-hydroxylation sites is 2. The van der Waals surface area contributed by atoms with Crippen molar-refractivity contribution < 1.29 is 9.90 Å². The first-order chi connectivity index (χ1) is 7.74. The number of amides is 1. The fourth-order valence-corrected chi connectivity index (χ4v) is 1.89. The summed E-state index contributed by atoms with van der Waals surface area (Å²) in [6, 6.07) is 6.98. The lowest BCUT2D eigenvalue weighted by atomic mass is 10.3. The zero-order valence-corrected chi connectivity index (χ0v) is 8.97. The third-order valence-corrected chi connectivity index (χ3v) is 2.62. The summed E-state index contributed by atoms with van der Waals surface area (Å²) in [6.07, 6.45) is 0.467. The Balaban J connectivity index is 2.27. The maximum atomic E-state index is 11.6. The summed E-state index contributed by atoms with van der Waals surface area (Å²) in [5, 5.41) is 13.1. The van der Waals surface area contributed by atoms with Crippen molar-refractivity contribution in [3.63, 3.8) is 0 Å². The van der Waals surface area contributed by atoms with Gasteiger partial charge in [-0.2, -0.15) is 0 Å². The Bertz CT molecular complexity index is 395. The van der Waals surface area contributed by atoms with E-state index in [1.165, 1.54) is 0 Å². The number of nitrogens with zero attached hydrogens (tertiary/aromatic N) is 2. The number of phenolic OH excluding ortho intramolecular Hbond substituents is 1. The van der Waals surface area contributed by atoms with E-state index in [1.807, 2.05) is 6.07 Å². The minimum Gasteiger partial charge on any atom is -0.506 e. The van der Waals surface area contributed by atoms with Crippen LogP contribution < -0.4 is 10.7 Å². The Morgan fingerprint density at radius 3 is 2.81 bits per heavy atom. The molecule has 1 aromatic rings. The van der Waals surface area contributed by atoms with Crippen molar-refractivity contribution >= 4 is 11.6 Å². The molecular formula is C11H15N3O2. The molecule has 86 valence electrons. The number of hydrazine groups is 1. The zero-order chi connectivity index (χ0) is 11.5. The molecule has 5 heteroatoms. The Labute approximate surface area is 94.0 Å². The molecule has 1 saturated heterocycles. The van der Waals surface area contributed by atoms with E-state index in [1.54, 1.807) is 28.2 Å². The fraction of sp³-hybridized carbons (Fsp3) is 0.364. The van der Waals surface area contributed by atoms with Gasteiger partial charge >= 0.3 is 0 Å². The number of phenols is 1. The lowest BCUT2D eigenvalue weighted by molar-refractivity contribution is -0.128. The van der Waals surface area contributed by atoms with E-state index < -0.39 is 0 Å². The van der Waals surface area contributed by atoms with Crippen LogP contribution in [0, 0.1) is 0 Å². The predicted molar refractivity (Wildman–Crippen MR) is 60.8 cm³/mol. The van der Waals surface area contributed by atoms with Gasteiger partial charge in [-0.3, -0.25) is 14.8 Å². The Kier molecular flexibility index (Phi) is 2.96. The van der Waals surface area contributed by atoms with Crippen LogP contribution in [-0.4, -0.2) is 35.7 Å². The molecule has 0 aliphatic carbocycles. The summed E-state index contributed by atoms with van der Waals surface area (Å²) < 4.78 is 0. The van der Waals surface area contributed by atoms with E-state index in [4.69, 9.17) is 5.73 Å². The standard InChI is InChI=1S/C11H15N3O2/c12-6-8-14-11(16)5-7-13(14)9-3-1-2-4-10(9)15/h1-4,15H,5-8,12H2. The summed E-state index contributed by atoms with van der Waals surface area (Å²) in [7, 11) is 0. The highest BCUT2D eigenvalue weighted by Crippen LogP contribution is 2.30. The molecule has 16 heavy (non-hydrogen) atoms. The van der Waals surface area contributed by atoms with Gasteiger partial charge in [-0.05, 0) is 12.1 Å². The van der Waals surface area contributed by atoms with Gasteiger partial charge in [-0.15, -0.1) is 0 Å². The molecule has 2 rings (SSSR count). The lowest BCUT2D eigenvalue weighted by Crippen LogP contribution is -2.42. The van der Waals surface area contributed by atoms with Crippen molar-refractivity contribution in [2.24, 2.45) is 5.73 Å². The van der Waals surface area contributed by atoms with E-state index in [0.717, 1.165) is 0 Å². The summed E-state index contributed by atoms with van der Waals surface area (Å²) in [4.78, 5) is 11.6. The van der Waals surface area contributed by atoms with Gasteiger partial charge in [-0.1, -0.05) is 12.1 Å². The number of hydrogen-bond donors (Lipinski definition) is 2. The molecule has 1 aromatic carbocycles. The molecule has 1 fully saturated rings. The summed E-state index contributed by atoms with van der Waals surface area (Å²) in [5.74, 6) is 0.230. The first-order valence-corrected chi connectivity index (χ1v) is 5.30. The average Bonchev–Trinajstić information content (AvgIpc) is 2.62. The van der Waals surface area contributed by atoms with Crippen LogP contribution in [0.15, 0.2) is 24.3 Å². The number of hydrogen-bond acceptors (Lipinski definition) is 4. The molecule has 0 aromatic heterocycles.